The Kier molecular flexibility index (Phi) is 4.39. The molecule has 2 rings (SSSR count). The predicted octanol–water partition coefficient (Wildman–Crippen LogP) is 3.26. The average molecular weight is 305 g/mol. The van der Waals surface area contributed by atoms with Crippen molar-refractivity contribution >= 4 is 29.2 Å². The molecule has 0 aliphatic rings. The number of benzene rings is 1. The van der Waals surface area contributed by atoms with Crippen molar-refractivity contribution in [2.75, 3.05) is 11.9 Å². The predicted molar refractivity (Wildman–Crippen MR) is 77.9 cm³/mol. The van der Waals surface area contributed by atoms with Gasteiger partial charge >= 0.3 is 6.09 Å². The molecule has 0 fully saturated rings. The van der Waals surface area contributed by atoms with Crippen LogP contribution in [0.25, 0.3) is 0 Å². The van der Waals surface area contributed by atoms with E-state index in [-0.39, 0.29) is 11.4 Å². The molecule has 0 spiro atoms. The number of carboxylic acid groups (broad SMARTS) is 1. The fraction of sp³-hybridized carbons (Fsp3) is 0.0769. The van der Waals surface area contributed by atoms with E-state index in [1.54, 1.807) is 24.4 Å². The van der Waals surface area contributed by atoms with Gasteiger partial charge in [0.25, 0.3) is 5.69 Å². The van der Waals surface area contributed by atoms with Crippen LogP contribution in [0.15, 0.2) is 52.5 Å². The summed E-state index contributed by atoms with van der Waals surface area (Å²) in [5.74, 6) is 0. The Balaban J connectivity index is 2.39. The maximum Gasteiger partial charge on any atom is 0.411 e. The van der Waals surface area contributed by atoms with Crippen molar-refractivity contribution in [3.05, 3.63) is 52.7 Å². The van der Waals surface area contributed by atoms with Crippen molar-refractivity contribution in [3.8, 4) is 0 Å². The Morgan fingerprint density at radius 2 is 2.14 bits per heavy atom. The molecule has 0 aliphatic carbocycles. The van der Waals surface area contributed by atoms with Gasteiger partial charge in [0.2, 0.25) is 0 Å². The Bertz CT molecular complexity index is 678. The third-order valence-electron chi connectivity index (χ3n) is 2.65. The topological polar surface area (TPSA) is 96.6 Å². The quantitative estimate of drug-likeness (QED) is 0.688. The second-order valence-electron chi connectivity index (χ2n) is 4.02. The summed E-state index contributed by atoms with van der Waals surface area (Å²) in [6, 6.07) is 9.73. The van der Waals surface area contributed by atoms with Gasteiger partial charge < -0.3 is 5.11 Å². The largest absolute Gasteiger partial charge is 0.465 e. The maximum atomic E-state index is 11.0. The van der Waals surface area contributed by atoms with E-state index in [2.05, 4.69) is 4.98 Å². The summed E-state index contributed by atoms with van der Waals surface area (Å²) in [5.41, 5.74) is -0.237. The number of nitrogens with zero attached hydrogens (tertiary/aromatic N) is 3. The summed E-state index contributed by atoms with van der Waals surface area (Å²) in [7, 11) is 1.26. The molecule has 108 valence electrons. The summed E-state index contributed by atoms with van der Waals surface area (Å²) >= 11 is 1.30. The summed E-state index contributed by atoms with van der Waals surface area (Å²) < 4.78 is 0. The van der Waals surface area contributed by atoms with E-state index in [1.165, 1.54) is 30.9 Å². The van der Waals surface area contributed by atoms with Crippen molar-refractivity contribution in [3.63, 3.8) is 0 Å². The molecule has 1 N–H and O–H groups in total. The van der Waals surface area contributed by atoms with Crippen LogP contribution in [0.1, 0.15) is 0 Å². The van der Waals surface area contributed by atoms with E-state index < -0.39 is 11.0 Å². The van der Waals surface area contributed by atoms with Crippen molar-refractivity contribution in [1.82, 2.24) is 4.98 Å². The molecule has 21 heavy (non-hydrogen) atoms. The van der Waals surface area contributed by atoms with Crippen LogP contribution in [0.4, 0.5) is 16.2 Å². The molecule has 0 saturated heterocycles. The van der Waals surface area contributed by atoms with Gasteiger partial charge in [-0.15, -0.1) is 0 Å². The lowest BCUT2D eigenvalue weighted by atomic mass is 10.2. The number of hydrogen-bond acceptors (Lipinski definition) is 5. The lowest BCUT2D eigenvalue weighted by molar-refractivity contribution is -0.384. The first-order valence-electron chi connectivity index (χ1n) is 5.83. The van der Waals surface area contributed by atoms with Gasteiger partial charge in [0.15, 0.2) is 0 Å². The van der Waals surface area contributed by atoms with Crippen molar-refractivity contribution < 1.29 is 14.8 Å². The van der Waals surface area contributed by atoms with Crippen LogP contribution >= 0.6 is 11.8 Å². The number of aromatic nitrogens is 1. The zero-order valence-electron chi connectivity index (χ0n) is 11.0. The van der Waals surface area contributed by atoms with Crippen LogP contribution in [-0.4, -0.2) is 28.2 Å². The minimum absolute atomic E-state index is 0.0217. The molecule has 0 aliphatic heterocycles. The Morgan fingerprint density at radius 3 is 2.71 bits per heavy atom. The van der Waals surface area contributed by atoms with E-state index >= 15 is 0 Å². The minimum Gasteiger partial charge on any atom is -0.465 e. The average Bonchev–Trinajstić information content (AvgIpc) is 2.47. The zero-order valence-corrected chi connectivity index (χ0v) is 11.8. The van der Waals surface area contributed by atoms with Crippen LogP contribution in [0.3, 0.4) is 0 Å². The van der Waals surface area contributed by atoms with E-state index in [9.17, 15) is 14.9 Å². The van der Waals surface area contributed by atoms with Gasteiger partial charge in [0.1, 0.15) is 10.7 Å². The number of amides is 1. The highest BCUT2D eigenvalue weighted by Crippen LogP contribution is 2.34. The fourth-order valence-electron chi connectivity index (χ4n) is 1.62. The molecule has 0 unspecified atom stereocenters. The van der Waals surface area contributed by atoms with Crippen LogP contribution in [0, 0.1) is 10.1 Å². The third-order valence-corrected chi connectivity index (χ3v) is 3.59. The molecular weight excluding hydrogens is 294 g/mol. The fourth-order valence-corrected chi connectivity index (χ4v) is 2.43. The molecular formula is C13H11N3O4S. The summed E-state index contributed by atoms with van der Waals surface area (Å²) in [5, 5.41) is 20.7. The number of nitro groups is 1. The Hall–Kier alpha value is -2.61. The van der Waals surface area contributed by atoms with E-state index in [1.807, 2.05) is 6.07 Å². The lowest BCUT2D eigenvalue weighted by Gasteiger charge is -2.14. The van der Waals surface area contributed by atoms with Gasteiger partial charge in [-0.1, -0.05) is 17.8 Å². The van der Waals surface area contributed by atoms with Crippen LogP contribution in [-0.2, 0) is 0 Å². The number of anilines is 1. The van der Waals surface area contributed by atoms with Crippen molar-refractivity contribution in [2.24, 2.45) is 0 Å². The number of carbonyl (C=O) groups is 1. The van der Waals surface area contributed by atoms with Gasteiger partial charge in [0.05, 0.1) is 4.92 Å². The standard InChI is InChI=1S/C13H11N3O4S/c1-15(13(17)18)11-8-9(5-6-10(11)16(19)20)21-12-4-2-3-7-14-12/h2-8H,1H3,(H,17,18). The molecule has 2 aromatic rings. The van der Waals surface area contributed by atoms with Crippen LogP contribution in [0.2, 0.25) is 0 Å². The molecule has 1 amide bonds. The maximum absolute atomic E-state index is 11.0. The minimum atomic E-state index is -1.27. The first kappa shape index (κ1) is 14.8. The van der Waals surface area contributed by atoms with Gasteiger partial charge in [-0.3, -0.25) is 15.0 Å². The number of rotatable bonds is 4. The van der Waals surface area contributed by atoms with E-state index in [4.69, 9.17) is 5.11 Å². The molecule has 1 aromatic carbocycles. The monoisotopic (exact) mass is 305 g/mol. The van der Waals surface area contributed by atoms with Gasteiger partial charge in [-0.05, 0) is 24.3 Å². The summed E-state index contributed by atoms with van der Waals surface area (Å²) in [4.78, 5) is 27.0. The highest BCUT2D eigenvalue weighted by Gasteiger charge is 2.21. The Labute approximate surface area is 124 Å². The number of nitro benzene ring substituents is 1. The molecule has 0 saturated carbocycles. The van der Waals surface area contributed by atoms with Gasteiger partial charge in [0, 0.05) is 24.2 Å². The summed E-state index contributed by atoms with van der Waals surface area (Å²) in [6.45, 7) is 0. The van der Waals surface area contributed by atoms with Crippen molar-refractivity contribution in [2.45, 2.75) is 9.92 Å². The second-order valence-corrected chi connectivity index (χ2v) is 5.11. The molecule has 0 atom stereocenters. The molecule has 0 radical (unpaired) electrons. The van der Waals surface area contributed by atoms with Gasteiger partial charge in [-0.2, -0.15) is 0 Å². The van der Waals surface area contributed by atoms with E-state index in [0.717, 1.165) is 9.93 Å². The molecule has 7 nitrogen and oxygen atoms in total. The highest BCUT2D eigenvalue weighted by atomic mass is 32.2. The third kappa shape index (κ3) is 3.48. The smallest absolute Gasteiger partial charge is 0.411 e. The highest BCUT2D eigenvalue weighted by molar-refractivity contribution is 7.99. The molecule has 1 aromatic heterocycles. The Morgan fingerprint density at radius 1 is 1.38 bits per heavy atom. The number of hydrogen-bond donors (Lipinski definition) is 1. The second kappa shape index (κ2) is 6.23. The van der Waals surface area contributed by atoms with Crippen LogP contribution < -0.4 is 4.90 Å². The lowest BCUT2D eigenvalue weighted by Crippen LogP contribution is -2.24. The van der Waals surface area contributed by atoms with Crippen molar-refractivity contribution in [1.29, 1.82) is 0 Å². The first-order valence-corrected chi connectivity index (χ1v) is 6.64. The SMILES string of the molecule is CN(C(=O)O)c1cc(Sc2ccccn2)ccc1[N+](=O)[O-]. The molecule has 0 bridgehead atoms. The molecule has 8 heteroatoms. The zero-order chi connectivity index (χ0) is 15.4. The normalized spacial score (nSPS) is 10.1. The van der Waals surface area contributed by atoms with Crippen LogP contribution in [0.5, 0.6) is 0 Å². The van der Waals surface area contributed by atoms with Gasteiger partial charge in [-0.25, -0.2) is 9.78 Å². The first-order chi connectivity index (χ1) is 9.99. The van der Waals surface area contributed by atoms with E-state index in [0.29, 0.717) is 4.90 Å². The number of pyridine rings is 1. The molecule has 1 heterocycles. The summed E-state index contributed by atoms with van der Waals surface area (Å²) in [6.07, 6.45) is 0.371.